The van der Waals surface area contributed by atoms with Crippen molar-refractivity contribution in [2.75, 3.05) is 39.3 Å². The largest absolute Gasteiger partial charge is 0.377 e. The standard InChI is InChI=1S/C13H22N2O2/c1-2-13(16)15-7-4-6-14(8-9-15)11-12-5-3-10-17-12/h2,12H,1,3-11H2/t12-/m0/s1. The van der Waals surface area contributed by atoms with Gasteiger partial charge >= 0.3 is 0 Å². The van der Waals surface area contributed by atoms with Crippen molar-refractivity contribution in [2.24, 2.45) is 0 Å². The van der Waals surface area contributed by atoms with Crippen LogP contribution >= 0.6 is 0 Å². The minimum absolute atomic E-state index is 0.0592. The molecule has 0 aliphatic carbocycles. The number of hydrogen-bond donors (Lipinski definition) is 0. The van der Waals surface area contributed by atoms with Crippen LogP contribution in [0, 0.1) is 0 Å². The number of carbonyl (C=O) groups is 1. The minimum Gasteiger partial charge on any atom is -0.377 e. The predicted molar refractivity (Wildman–Crippen MR) is 66.8 cm³/mol. The van der Waals surface area contributed by atoms with Crippen molar-refractivity contribution >= 4 is 5.91 Å². The van der Waals surface area contributed by atoms with Gasteiger partial charge in [-0.05, 0) is 31.9 Å². The average Bonchev–Trinajstić information content (AvgIpc) is 2.73. The Morgan fingerprint density at radius 1 is 1.29 bits per heavy atom. The molecule has 0 aromatic rings. The van der Waals surface area contributed by atoms with Crippen molar-refractivity contribution in [3.63, 3.8) is 0 Å². The topological polar surface area (TPSA) is 32.8 Å². The summed E-state index contributed by atoms with van der Waals surface area (Å²) in [6.45, 7) is 9.18. The van der Waals surface area contributed by atoms with Gasteiger partial charge in [0.1, 0.15) is 0 Å². The van der Waals surface area contributed by atoms with Crippen LogP contribution in [0.1, 0.15) is 19.3 Å². The third kappa shape index (κ3) is 3.54. The summed E-state index contributed by atoms with van der Waals surface area (Å²) in [6.07, 6.45) is 5.25. The fraction of sp³-hybridized carbons (Fsp3) is 0.769. The zero-order valence-corrected chi connectivity index (χ0v) is 10.4. The van der Waals surface area contributed by atoms with Gasteiger partial charge in [0.05, 0.1) is 6.10 Å². The Morgan fingerprint density at radius 3 is 2.88 bits per heavy atom. The molecule has 2 heterocycles. The number of carbonyl (C=O) groups excluding carboxylic acids is 1. The fourth-order valence-electron chi connectivity index (χ4n) is 2.58. The maximum Gasteiger partial charge on any atom is 0.245 e. The first-order valence-corrected chi connectivity index (χ1v) is 6.55. The summed E-state index contributed by atoms with van der Waals surface area (Å²) in [5.41, 5.74) is 0. The van der Waals surface area contributed by atoms with Crippen molar-refractivity contribution in [3.8, 4) is 0 Å². The van der Waals surface area contributed by atoms with Gasteiger partial charge in [-0.3, -0.25) is 9.69 Å². The molecule has 2 rings (SSSR count). The molecule has 0 bridgehead atoms. The summed E-state index contributed by atoms with van der Waals surface area (Å²) in [4.78, 5) is 15.8. The highest BCUT2D eigenvalue weighted by Gasteiger charge is 2.22. The Morgan fingerprint density at radius 2 is 2.18 bits per heavy atom. The van der Waals surface area contributed by atoms with Crippen LogP contribution in [0.5, 0.6) is 0 Å². The molecule has 0 saturated carbocycles. The molecule has 96 valence electrons. The van der Waals surface area contributed by atoms with Gasteiger partial charge in [-0.25, -0.2) is 0 Å². The summed E-state index contributed by atoms with van der Waals surface area (Å²) >= 11 is 0. The van der Waals surface area contributed by atoms with Crippen LogP contribution in [0.4, 0.5) is 0 Å². The van der Waals surface area contributed by atoms with Crippen LogP contribution in [0.2, 0.25) is 0 Å². The molecule has 4 heteroatoms. The quantitative estimate of drug-likeness (QED) is 0.684. The highest BCUT2D eigenvalue weighted by molar-refractivity contribution is 5.86. The first-order chi connectivity index (χ1) is 8.29. The lowest BCUT2D eigenvalue weighted by molar-refractivity contribution is -0.125. The van der Waals surface area contributed by atoms with E-state index in [0.717, 1.165) is 45.8 Å². The smallest absolute Gasteiger partial charge is 0.245 e. The second-order valence-electron chi connectivity index (χ2n) is 4.82. The van der Waals surface area contributed by atoms with Crippen molar-refractivity contribution in [3.05, 3.63) is 12.7 Å². The number of hydrogen-bond acceptors (Lipinski definition) is 3. The van der Waals surface area contributed by atoms with E-state index in [0.29, 0.717) is 6.10 Å². The molecule has 2 saturated heterocycles. The van der Waals surface area contributed by atoms with E-state index >= 15 is 0 Å². The molecule has 0 N–H and O–H groups in total. The Balaban J connectivity index is 1.78. The number of amides is 1. The Labute approximate surface area is 103 Å². The summed E-state index contributed by atoms with van der Waals surface area (Å²) in [6, 6.07) is 0. The van der Waals surface area contributed by atoms with Crippen LogP contribution in [0.25, 0.3) is 0 Å². The predicted octanol–water partition coefficient (Wildman–Crippen LogP) is 0.886. The van der Waals surface area contributed by atoms with Gasteiger partial charge in [0, 0.05) is 32.8 Å². The Hall–Kier alpha value is -0.870. The zero-order chi connectivity index (χ0) is 12.1. The lowest BCUT2D eigenvalue weighted by atomic mass is 10.2. The molecule has 0 aromatic carbocycles. The van der Waals surface area contributed by atoms with Crippen molar-refractivity contribution in [1.82, 2.24) is 9.80 Å². The van der Waals surface area contributed by atoms with Crippen molar-refractivity contribution in [2.45, 2.75) is 25.4 Å². The average molecular weight is 238 g/mol. The number of nitrogens with zero attached hydrogens (tertiary/aromatic N) is 2. The van der Waals surface area contributed by atoms with Gasteiger partial charge in [-0.2, -0.15) is 0 Å². The van der Waals surface area contributed by atoms with E-state index in [9.17, 15) is 4.79 Å². The second kappa shape index (κ2) is 6.17. The molecule has 0 radical (unpaired) electrons. The molecule has 1 atom stereocenters. The Bertz CT molecular complexity index is 275. The van der Waals surface area contributed by atoms with Crippen LogP contribution in [-0.2, 0) is 9.53 Å². The normalized spacial score (nSPS) is 26.8. The Kier molecular flexibility index (Phi) is 4.57. The lowest BCUT2D eigenvalue weighted by Gasteiger charge is -2.23. The van der Waals surface area contributed by atoms with E-state index in [1.165, 1.54) is 18.9 Å². The van der Waals surface area contributed by atoms with Crippen LogP contribution in [-0.4, -0.2) is 61.1 Å². The molecule has 0 unspecified atom stereocenters. The van der Waals surface area contributed by atoms with Crippen LogP contribution < -0.4 is 0 Å². The van der Waals surface area contributed by atoms with E-state index in [1.54, 1.807) is 0 Å². The van der Waals surface area contributed by atoms with Crippen molar-refractivity contribution < 1.29 is 9.53 Å². The summed E-state index contributed by atoms with van der Waals surface area (Å²) < 4.78 is 5.65. The highest BCUT2D eigenvalue weighted by Crippen LogP contribution is 2.14. The number of ether oxygens (including phenoxy) is 1. The summed E-state index contributed by atoms with van der Waals surface area (Å²) in [5.74, 6) is 0.0592. The maximum absolute atomic E-state index is 11.5. The fourth-order valence-corrected chi connectivity index (χ4v) is 2.58. The van der Waals surface area contributed by atoms with Gasteiger partial charge in [-0.15, -0.1) is 0 Å². The van der Waals surface area contributed by atoms with E-state index in [1.807, 2.05) is 4.90 Å². The monoisotopic (exact) mass is 238 g/mol. The number of rotatable bonds is 3. The molecule has 4 nitrogen and oxygen atoms in total. The molecular formula is C13H22N2O2. The van der Waals surface area contributed by atoms with Gasteiger partial charge in [0.15, 0.2) is 0 Å². The van der Waals surface area contributed by atoms with Gasteiger partial charge in [0.25, 0.3) is 0 Å². The maximum atomic E-state index is 11.5. The van der Waals surface area contributed by atoms with Gasteiger partial charge in [0.2, 0.25) is 5.91 Å². The van der Waals surface area contributed by atoms with Crippen LogP contribution in [0.15, 0.2) is 12.7 Å². The van der Waals surface area contributed by atoms with Gasteiger partial charge in [-0.1, -0.05) is 6.58 Å². The third-order valence-corrected chi connectivity index (χ3v) is 3.56. The van der Waals surface area contributed by atoms with E-state index in [2.05, 4.69) is 11.5 Å². The van der Waals surface area contributed by atoms with Gasteiger partial charge < -0.3 is 9.64 Å². The highest BCUT2D eigenvalue weighted by atomic mass is 16.5. The third-order valence-electron chi connectivity index (χ3n) is 3.56. The first kappa shape index (κ1) is 12.6. The van der Waals surface area contributed by atoms with E-state index < -0.39 is 0 Å². The minimum atomic E-state index is 0.0592. The molecule has 2 aliphatic rings. The molecule has 0 aromatic heterocycles. The molecule has 17 heavy (non-hydrogen) atoms. The SMILES string of the molecule is C=CC(=O)N1CCCN(C[C@@H]2CCCO2)CC1. The van der Waals surface area contributed by atoms with Crippen molar-refractivity contribution in [1.29, 1.82) is 0 Å². The molecule has 1 amide bonds. The van der Waals surface area contributed by atoms with E-state index in [-0.39, 0.29) is 5.91 Å². The molecule has 0 spiro atoms. The first-order valence-electron chi connectivity index (χ1n) is 6.55. The molecule has 2 fully saturated rings. The molecular weight excluding hydrogens is 216 g/mol. The summed E-state index contributed by atoms with van der Waals surface area (Å²) in [7, 11) is 0. The lowest BCUT2D eigenvalue weighted by Crippen LogP contribution is -2.37. The molecule has 2 aliphatic heterocycles. The second-order valence-corrected chi connectivity index (χ2v) is 4.82. The van der Waals surface area contributed by atoms with E-state index in [4.69, 9.17) is 4.74 Å². The van der Waals surface area contributed by atoms with Crippen LogP contribution in [0.3, 0.4) is 0 Å². The zero-order valence-electron chi connectivity index (χ0n) is 10.4. The summed E-state index contributed by atoms with van der Waals surface area (Å²) in [5, 5.41) is 0.